The van der Waals surface area contributed by atoms with Crippen molar-refractivity contribution in [2.75, 3.05) is 6.54 Å². The Morgan fingerprint density at radius 2 is 2.38 bits per heavy atom. The summed E-state index contributed by atoms with van der Waals surface area (Å²) in [6, 6.07) is 3.77. The first-order valence-corrected chi connectivity index (χ1v) is 9.36. The maximum absolute atomic E-state index is 12.8. The van der Waals surface area contributed by atoms with E-state index < -0.39 is 0 Å². The molecule has 1 amide bonds. The van der Waals surface area contributed by atoms with Gasteiger partial charge in [0.15, 0.2) is 0 Å². The molecule has 1 saturated heterocycles. The molecule has 2 atom stereocenters. The third kappa shape index (κ3) is 4.12. The zero-order valence-electron chi connectivity index (χ0n) is 13.8. The van der Waals surface area contributed by atoms with E-state index in [-0.39, 0.29) is 18.0 Å². The van der Waals surface area contributed by atoms with Crippen LogP contribution < -0.4 is 5.32 Å². The van der Waals surface area contributed by atoms with Crippen molar-refractivity contribution >= 4 is 28.8 Å². The summed E-state index contributed by atoms with van der Waals surface area (Å²) in [5, 5.41) is 5.49. The van der Waals surface area contributed by atoms with Crippen LogP contribution in [0.1, 0.15) is 42.9 Å². The van der Waals surface area contributed by atoms with E-state index in [2.05, 4.69) is 22.2 Å². The molecule has 1 aliphatic rings. The van der Waals surface area contributed by atoms with Gasteiger partial charge in [0.05, 0.1) is 22.6 Å². The Kier molecular flexibility index (Phi) is 5.48. The highest BCUT2D eigenvalue weighted by molar-refractivity contribution is 7.14. The number of thiophene rings is 1. The summed E-state index contributed by atoms with van der Waals surface area (Å²) >= 11 is 7.52. The van der Waals surface area contributed by atoms with Crippen molar-refractivity contribution in [3.05, 3.63) is 45.1 Å². The standard InChI is InChI=1S/C17H21ClN4OS/c1-11(13-8-16(18)24-10-13)20-15-4-3-7-22(17(15)23)9-14-5-6-19-12(2)21-14/h5-6,8,10-11,15,20H,3-4,7,9H2,1-2H3. The SMILES string of the molecule is Cc1nccc(CN2CCCC(NC(C)c3csc(Cl)c3)C2=O)n1. The lowest BCUT2D eigenvalue weighted by Gasteiger charge is -2.34. The van der Waals surface area contributed by atoms with Gasteiger partial charge in [-0.1, -0.05) is 11.6 Å². The Labute approximate surface area is 151 Å². The molecule has 3 heterocycles. The van der Waals surface area contributed by atoms with Crippen molar-refractivity contribution < 1.29 is 4.79 Å². The molecule has 0 radical (unpaired) electrons. The molecule has 2 aromatic rings. The average Bonchev–Trinajstić information content (AvgIpc) is 2.98. The highest BCUT2D eigenvalue weighted by Crippen LogP contribution is 2.26. The molecule has 0 spiro atoms. The number of hydrogen-bond acceptors (Lipinski definition) is 5. The second-order valence-electron chi connectivity index (χ2n) is 6.12. The maximum atomic E-state index is 12.8. The summed E-state index contributed by atoms with van der Waals surface area (Å²) in [4.78, 5) is 23.2. The second-order valence-corrected chi connectivity index (χ2v) is 7.66. The lowest BCUT2D eigenvalue weighted by molar-refractivity contribution is -0.136. The van der Waals surface area contributed by atoms with Crippen LogP contribution in [0.15, 0.2) is 23.7 Å². The Bertz CT molecular complexity index is 720. The van der Waals surface area contributed by atoms with Crippen LogP contribution in [0.3, 0.4) is 0 Å². The Balaban J connectivity index is 1.64. The largest absolute Gasteiger partial charge is 0.335 e. The molecular formula is C17H21ClN4OS. The van der Waals surface area contributed by atoms with Crippen LogP contribution >= 0.6 is 22.9 Å². The molecule has 3 rings (SSSR count). The summed E-state index contributed by atoms with van der Waals surface area (Å²) in [5.74, 6) is 0.875. The van der Waals surface area contributed by atoms with Gasteiger partial charge in [0.25, 0.3) is 0 Å². The molecule has 1 fully saturated rings. The number of likely N-dealkylation sites (tertiary alicyclic amines) is 1. The third-order valence-corrected chi connectivity index (χ3v) is 5.37. The zero-order chi connectivity index (χ0) is 17.1. The van der Waals surface area contributed by atoms with Gasteiger partial charge in [-0.2, -0.15) is 0 Å². The van der Waals surface area contributed by atoms with Crippen molar-refractivity contribution in [1.82, 2.24) is 20.2 Å². The highest BCUT2D eigenvalue weighted by Gasteiger charge is 2.30. The number of carbonyl (C=O) groups is 1. The number of rotatable bonds is 5. The molecule has 0 aliphatic carbocycles. The number of nitrogens with zero attached hydrogens (tertiary/aromatic N) is 3. The normalized spacial score (nSPS) is 19.5. The lowest BCUT2D eigenvalue weighted by atomic mass is 10.0. The summed E-state index contributed by atoms with van der Waals surface area (Å²) in [5.41, 5.74) is 2.01. The van der Waals surface area contributed by atoms with Gasteiger partial charge in [-0.15, -0.1) is 11.3 Å². The summed E-state index contributed by atoms with van der Waals surface area (Å²) < 4.78 is 0.773. The van der Waals surface area contributed by atoms with E-state index in [9.17, 15) is 4.79 Å². The lowest BCUT2D eigenvalue weighted by Crippen LogP contribution is -2.50. The molecule has 1 N–H and O–H groups in total. The first-order valence-electron chi connectivity index (χ1n) is 8.10. The summed E-state index contributed by atoms with van der Waals surface area (Å²) in [7, 11) is 0. The number of piperidine rings is 1. The van der Waals surface area contributed by atoms with Gasteiger partial charge in [0, 0.05) is 18.8 Å². The van der Waals surface area contributed by atoms with Gasteiger partial charge in [-0.3, -0.25) is 10.1 Å². The Hall–Kier alpha value is -1.50. The monoisotopic (exact) mass is 364 g/mol. The van der Waals surface area contributed by atoms with Crippen molar-refractivity contribution in [1.29, 1.82) is 0 Å². The van der Waals surface area contributed by atoms with Crippen molar-refractivity contribution in [2.24, 2.45) is 0 Å². The van der Waals surface area contributed by atoms with E-state index in [1.165, 1.54) is 11.3 Å². The van der Waals surface area contributed by atoms with Gasteiger partial charge in [0.2, 0.25) is 5.91 Å². The van der Waals surface area contributed by atoms with Crippen molar-refractivity contribution in [2.45, 2.75) is 45.3 Å². The topological polar surface area (TPSA) is 58.1 Å². The van der Waals surface area contributed by atoms with Crippen LogP contribution in [0.4, 0.5) is 0 Å². The van der Waals surface area contributed by atoms with E-state index in [4.69, 9.17) is 11.6 Å². The van der Waals surface area contributed by atoms with Crippen molar-refractivity contribution in [3.63, 3.8) is 0 Å². The number of hydrogen-bond donors (Lipinski definition) is 1. The third-order valence-electron chi connectivity index (χ3n) is 4.26. The minimum atomic E-state index is -0.157. The van der Waals surface area contributed by atoms with Crippen LogP contribution in [0.2, 0.25) is 4.34 Å². The first kappa shape index (κ1) is 17.3. The zero-order valence-corrected chi connectivity index (χ0v) is 15.4. The molecule has 0 bridgehead atoms. The quantitative estimate of drug-likeness (QED) is 0.884. The van der Waals surface area contributed by atoms with E-state index in [1.54, 1.807) is 6.20 Å². The van der Waals surface area contributed by atoms with E-state index in [1.807, 2.05) is 29.3 Å². The molecule has 24 heavy (non-hydrogen) atoms. The minimum absolute atomic E-state index is 0.101. The molecular weight excluding hydrogens is 344 g/mol. The molecule has 2 aromatic heterocycles. The fourth-order valence-corrected chi connectivity index (χ4v) is 3.97. The molecule has 0 saturated carbocycles. The van der Waals surface area contributed by atoms with E-state index in [0.29, 0.717) is 6.54 Å². The van der Waals surface area contributed by atoms with E-state index >= 15 is 0 Å². The van der Waals surface area contributed by atoms with Crippen LogP contribution in [-0.2, 0) is 11.3 Å². The highest BCUT2D eigenvalue weighted by atomic mass is 35.5. The van der Waals surface area contributed by atoms with E-state index in [0.717, 1.165) is 40.8 Å². The number of nitrogens with one attached hydrogen (secondary N) is 1. The fourth-order valence-electron chi connectivity index (χ4n) is 2.99. The molecule has 5 nitrogen and oxygen atoms in total. The van der Waals surface area contributed by atoms with Crippen LogP contribution in [0.25, 0.3) is 0 Å². The number of aromatic nitrogens is 2. The van der Waals surface area contributed by atoms with Gasteiger partial charge in [0.1, 0.15) is 5.82 Å². The van der Waals surface area contributed by atoms with Crippen molar-refractivity contribution in [3.8, 4) is 0 Å². The second kappa shape index (κ2) is 7.59. The number of amides is 1. The van der Waals surface area contributed by atoms with Crippen LogP contribution in [0, 0.1) is 6.92 Å². The molecule has 2 unspecified atom stereocenters. The average molecular weight is 365 g/mol. The van der Waals surface area contributed by atoms with Crippen LogP contribution in [-0.4, -0.2) is 33.4 Å². The van der Waals surface area contributed by atoms with Gasteiger partial charge in [-0.25, -0.2) is 9.97 Å². The molecule has 7 heteroatoms. The van der Waals surface area contributed by atoms with Gasteiger partial charge in [-0.05, 0) is 49.8 Å². The molecule has 128 valence electrons. The minimum Gasteiger partial charge on any atom is -0.335 e. The predicted molar refractivity (Wildman–Crippen MR) is 96.1 cm³/mol. The summed E-state index contributed by atoms with van der Waals surface area (Å²) in [6.07, 6.45) is 3.59. The molecule has 1 aliphatic heterocycles. The number of aryl methyl sites for hydroxylation is 1. The number of carbonyl (C=O) groups excluding carboxylic acids is 1. The van der Waals surface area contributed by atoms with Gasteiger partial charge < -0.3 is 4.90 Å². The summed E-state index contributed by atoms with van der Waals surface area (Å²) in [6.45, 7) is 5.25. The number of halogens is 1. The maximum Gasteiger partial charge on any atom is 0.240 e. The fraction of sp³-hybridized carbons (Fsp3) is 0.471. The Morgan fingerprint density at radius 1 is 1.54 bits per heavy atom. The molecule has 0 aromatic carbocycles. The van der Waals surface area contributed by atoms with Crippen LogP contribution in [0.5, 0.6) is 0 Å². The predicted octanol–water partition coefficient (Wildman–Crippen LogP) is 3.34. The Morgan fingerprint density at radius 3 is 3.08 bits per heavy atom. The van der Waals surface area contributed by atoms with Gasteiger partial charge >= 0.3 is 0 Å². The smallest absolute Gasteiger partial charge is 0.240 e. The first-order chi connectivity index (χ1) is 11.5.